The van der Waals surface area contributed by atoms with E-state index in [2.05, 4.69) is 36.5 Å². The van der Waals surface area contributed by atoms with Gasteiger partial charge in [0.05, 0.1) is 20.3 Å². The maximum absolute atomic E-state index is 6.00. The first-order valence-corrected chi connectivity index (χ1v) is 8.45. The van der Waals surface area contributed by atoms with Crippen molar-refractivity contribution < 1.29 is 14.2 Å². The lowest BCUT2D eigenvalue weighted by Gasteiger charge is -2.28. The molecule has 25 heavy (non-hydrogen) atoms. The average Bonchev–Trinajstić information content (AvgIpc) is 2.65. The molecule has 1 unspecified atom stereocenters. The van der Waals surface area contributed by atoms with Crippen molar-refractivity contribution in [1.82, 2.24) is 5.32 Å². The van der Waals surface area contributed by atoms with Crippen molar-refractivity contribution in [2.45, 2.75) is 25.8 Å². The molecule has 0 saturated carbocycles. The fourth-order valence-corrected chi connectivity index (χ4v) is 3.12. The van der Waals surface area contributed by atoms with Gasteiger partial charge in [-0.05, 0) is 60.3 Å². The second kappa shape index (κ2) is 8.97. The van der Waals surface area contributed by atoms with Crippen LogP contribution in [-0.4, -0.2) is 27.4 Å². The van der Waals surface area contributed by atoms with Crippen molar-refractivity contribution in [3.05, 3.63) is 53.1 Å². The van der Waals surface area contributed by atoms with Crippen LogP contribution in [0, 0.1) is 0 Å². The number of hydrogen-bond acceptors (Lipinski definition) is 4. The number of ether oxygens (including phenoxy) is 3. The largest absolute Gasteiger partial charge is 0.493 e. The zero-order chi connectivity index (χ0) is 16.9. The number of aryl methyl sites for hydroxylation is 1. The number of fused-ring (bicyclic) bond motifs is 1. The van der Waals surface area contributed by atoms with Crippen LogP contribution in [-0.2, 0) is 12.8 Å². The lowest BCUT2D eigenvalue weighted by Crippen LogP contribution is -2.33. The van der Waals surface area contributed by atoms with E-state index in [0.29, 0.717) is 6.61 Å². The van der Waals surface area contributed by atoms with Gasteiger partial charge in [0.1, 0.15) is 12.4 Å². The molecule has 0 aromatic heterocycles. The summed E-state index contributed by atoms with van der Waals surface area (Å²) in [6.45, 7) is 3.68. The Kier molecular flexibility index (Phi) is 6.97. The van der Waals surface area contributed by atoms with Gasteiger partial charge >= 0.3 is 0 Å². The van der Waals surface area contributed by atoms with Gasteiger partial charge in [-0.2, -0.15) is 0 Å². The normalized spacial score (nSPS) is 15.7. The van der Waals surface area contributed by atoms with E-state index in [1.54, 1.807) is 14.2 Å². The highest BCUT2D eigenvalue weighted by Gasteiger charge is 2.23. The van der Waals surface area contributed by atoms with Crippen LogP contribution in [0.2, 0.25) is 0 Å². The molecule has 0 fully saturated rings. The maximum atomic E-state index is 6.00. The molecule has 0 bridgehead atoms. The van der Waals surface area contributed by atoms with Gasteiger partial charge in [0, 0.05) is 0 Å². The summed E-state index contributed by atoms with van der Waals surface area (Å²) in [4.78, 5) is 0. The zero-order valence-corrected chi connectivity index (χ0v) is 15.8. The molecule has 1 aliphatic rings. The summed E-state index contributed by atoms with van der Waals surface area (Å²) in [5.74, 6) is 2.45. The van der Waals surface area contributed by atoms with E-state index < -0.39 is 0 Å². The molecule has 3 rings (SSSR count). The molecule has 1 heterocycles. The van der Waals surface area contributed by atoms with Gasteiger partial charge < -0.3 is 19.5 Å². The van der Waals surface area contributed by atoms with Crippen LogP contribution in [0.5, 0.6) is 17.2 Å². The second-order valence-electron chi connectivity index (χ2n) is 5.97. The summed E-state index contributed by atoms with van der Waals surface area (Å²) < 4.78 is 16.9. The van der Waals surface area contributed by atoms with Gasteiger partial charge in [-0.1, -0.05) is 19.1 Å². The molecule has 1 aliphatic heterocycles. The Hall–Kier alpha value is -1.91. The highest BCUT2D eigenvalue weighted by Crippen LogP contribution is 2.35. The third kappa shape index (κ3) is 4.39. The van der Waals surface area contributed by atoms with E-state index in [-0.39, 0.29) is 18.4 Å². The summed E-state index contributed by atoms with van der Waals surface area (Å²) >= 11 is 0. The highest BCUT2D eigenvalue weighted by molar-refractivity contribution is 5.85. The minimum absolute atomic E-state index is 0. The number of halogens is 1. The van der Waals surface area contributed by atoms with Gasteiger partial charge in [0.2, 0.25) is 0 Å². The fourth-order valence-electron chi connectivity index (χ4n) is 3.12. The molecular weight excluding hydrogens is 338 g/mol. The molecule has 0 spiro atoms. The first kappa shape index (κ1) is 19.4. The Labute approximate surface area is 155 Å². The maximum Gasteiger partial charge on any atom is 0.161 e. The topological polar surface area (TPSA) is 39.7 Å². The van der Waals surface area contributed by atoms with Crippen molar-refractivity contribution in [1.29, 1.82) is 0 Å². The van der Waals surface area contributed by atoms with E-state index in [0.717, 1.165) is 36.6 Å². The van der Waals surface area contributed by atoms with Crippen LogP contribution in [0.25, 0.3) is 0 Å². The van der Waals surface area contributed by atoms with Gasteiger partial charge in [-0.3, -0.25) is 0 Å². The molecular formula is C20H26ClNO3. The molecule has 1 N–H and O–H groups in total. The summed E-state index contributed by atoms with van der Waals surface area (Å²) in [5.41, 5.74) is 3.84. The first-order valence-electron chi connectivity index (χ1n) is 8.45. The standard InChI is InChI=1S/C20H25NO3.ClH/c1-4-14-5-7-16(8-6-14)24-13-18-17-12-20(23-3)19(22-2)11-15(17)9-10-21-18;/h5-8,11-12,18,21H,4,9-10,13H2,1-3H3;1H. The Bertz CT molecular complexity index is 688. The molecule has 136 valence electrons. The van der Waals surface area contributed by atoms with Crippen LogP contribution in [0.15, 0.2) is 36.4 Å². The molecule has 0 aliphatic carbocycles. The predicted molar refractivity (Wildman–Crippen MR) is 103 cm³/mol. The van der Waals surface area contributed by atoms with Crippen LogP contribution >= 0.6 is 12.4 Å². The van der Waals surface area contributed by atoms with E-state index in [4.69, 9.17) is 14.2 Å². The molecule has 2 aromatic rings. The Balaban J connectivity index is 0.00000225. The first-order chi connectivity index (χ1) is 11.7. The Morgan fingerprint density at radius 1 is 1.04 bits per heavy atom. The minimum atomic E-state index is 0. The predicted octanol–water partition coefficient (Wildman–Crippen LogP) is 3.95. The number of methoxy groups -OCH3 is 2. The zero-order valence-electron chi connectivity index (χ0n) is 15.0. The SMILES string of the molecule is CCc1ccc(OCC2NCCc3cc(OC)c(OC)cc32)cc1.Cl. The molecule has 4 nitrogen and oxygen atoms in total. The summed E-state index contributed by atoms with van der Waals surface area (Å²) in [6.07, 6.45) is 2.02. The minimum Gasteiger partial charge on any atom is -0.493 e. The van der Waals surface area contributed by atoms with Crippen molar-refractivity contribution in [3.63, 3.8) is 0 Å². The van der Waals surface area contributed by atoms with E-state index in [1.165, 1.54) is 16.7 Å². The molecule has 0 radical (unpaired) electrons. The van der Waals surface area contributed by atoms with Crippen LogP contribution < -0.4 is 19.5 Å². The van der Waals surface area contributed by atoms with Crippen molar-refractivity contribution in [2.75, 3.05) is 27.4 Å². The monoisotopic (exact) mass is 363 g/mol. The van der Waals surface area contributed by atoms with Gasteiger partial charge in [0.15, 0.2) is 11.5 Å². The van der Waals surface area contributed by atoms with Crippen LogP contribution in [0.3, 0.4) is 0 Å². The quantitative estimate of drug-likeness (QED) is 0.843. The smallest absolute Gasteiger partial charge is 0.161 e. The van der Waals surface area contributed by atoms with Crippen LogP contribution in [0.1, 0.15) is 29.7 Å². The number of hydrogen-bond donors (Lipinski definition) is 1. The fraction of sp³-hybridized carbons (Fsp3) is 0.400. The molecule has 1 atom stereocenters. The number of nitrogens with one attached hydrogen (secondary N) is 1. The van der Waals surface area contributed by atoms with Gasteiger partial charge in [-0.15, -0.1) is 12.4 Å². The van der Waals surface area contributed by atoms with Crippen molar-refractivity contribution in [3.8, 4) is 17.2 Å². The second-order valence-corrected chi connectivity index (χ2v) is 5.97. The molecule has 0 amide bonds. The van der Waals surface area contributed by atoms with Crippen molar-refractivity contribution in [2.24, 2.45) is 0 Å². The molecule has 5 heteroatoms. The highest BCUT2D eigenvalue weighted by atomic mass is 35.5. The molecule has 2 aromatic carbocycles. The van der Waals surface area contributed by atoms with Gasteiger partial charge in [0.25, 0.3) is 0 Å². The summed E-state index contributed by atoms with van der Waals surface area (Å²) in [6, 6.07) is 12.6. The summed E-state index contributed by atoms with van der Waals surface area (Å²) in [7, 11) is 3.34. The lowest BCUT2D eigenvalue weighted by atomic mass is 9.94. The third-order valence-electron chi connectivity index (χ3n) is 4.55. The summed E-state index contributed by atoms with van der Waals surface area (Å²) in [5, 5.41) is 3.54. The van der Waals surface area contributed by atoms with E-state index in [9.17, 15) is 0 Å². The van der Waals surface area contributed by atoms with E-state index >= 15 is 0 Å². The number of benzene rings is 2. The van der Waals surface area contributed by atoms with Crippen LogP contribution in [0.4, 0.5) is 0 Å². The lowest BCUT2D eigenvalue weighted by molar-refractivity contribution is 0.260. The Morgan fingerprint density at radius 3 is 2.36 bits per heavy atom. The molecule has 0 saturated heterocycles. The van der Waals surface area contributed by atoms with Crippen molar-refractivity contribution >= 4 is 12.4 Å². The third-order valence-corrected chi connectivity index (χ3v) is 4.55. The Morgan fingerprint density at radius 2 is 1.72 bits per heavy atom. The van der Waals surface area contributed by atoms with Gasteiger partial charge in [-0.25, -0.2) is 0 Å². The number of rotatable bonds is 6. The van der Waals surface area contributed by atoms with E-state index in [1.807, 2.05) is 12.1 Å². The average molecular weight is 364 g/mol.